The summed E-state index contributed by atoms with van der Waals surface area (Å²) in [7, 11) is 1.76. The molecule has 0 aromatic heterocycles. The SMILES string of the molecule is CN1C(N)C=CN(C2COC(CO)S2)C1O. The van der Waals surface area contributed by atoms with Crippen LogP contribution < -0.4 is 5.73 Å². The Morgan fingerprint density at radius 2 is 2.38 bits per heavy atom. The van der Waals surface area contributed by atoms with Crippen LogP contribution in [0.15, 0.2) is 12.3 Å². The smallest absolute Gasteiger partial charge is 0.188 e. The van der Waals surface area contributed by atoms with E-state index in [1.807, 2.05) is 6.08 Å². The lowest BCUT2D eigenvalue weighted by Gasteiger charge is -2.41. The summed E-state index contributed by atoms with van der Waals surface area (Å²) in [5, 5.41) is 19.0. The molecule has 0 saturated carbocycles. The van der Waals surface area contributed by atoms with Gasteiger partial charge in [0.05, 0.1) is 19.4 Å². The van der Waals surface area contributed by atoms with Gasteiger partial charge in [-0.2, -0.15) is 0 Å². The monoisotopic (exact) mass is 247 g/mol. The standard InChI is InChI=1S/C9H17N3O3S/c1-11-6(10)2-3-12(9(11)14)7-5-15-8(4-13)16-7/h2-3,6-9,13-14H,4-5,10H2,1H3. The molecule has 16 heavy (non-hydrogen) atoms. The molecule has 1 fully saturated rings. The summed E-state index contributed by atoms with van der Waals surface area (Å²) < 4.78 is 5.35. The first kappa shape index (κ1) is 12.2. The van der Waals surface area contributed by atoms with Gasteiger partial charge in [0.2, 0.25) is 0 Å². The average Bonchev–Trinajstić information content (AvgIpc) is 2.74. The molecule has 4 unspecified atom stereocenters. The van der Waals surface area contributed by atoms with Gasteiger partial charge in [-0.3, -0.25) is 0 Å². The third-order valence-corrected chi connectivity index (χ3v) is 4.05. The Balaban J connectivity index is 2.02. The van der Waals surface area contributed by atoms with Crippen LogP contribution in [0.1, 0.15) is 0 Å². The van der Waals surface area contributed by atoms with Gasteiger partial charge >= 0.3 is 0 Å². The van der Waals surface area contributed by atoms with E-state index in [-0.39, 0.29) is 23.6 Å². The van der Waals surface area contributed by atoms with Gasteiger partial charge in [-0.05, 0) is 13.1 Å². The van der Waals surface area contributed by atoms with Crippen molar-refractivity contribution in [1.82, 2.24) is 9.80 Å². The van der Waals surface area contributed by atoms with Crippen LogP contribution in [0.3, 0.4) is 0 Å². The number of hydrogen-bond donors (Lipinski definition) is 3. The van der Waals surface area contributed by atoms with E-state index < -0.39 is 6.35 Å². The molecule has 0 aromatic carbocycles. The topological polar surface area (TPSA) is 82.2 Å². The van der Waals surface area contributed by atoms with Crippen molar-refractivity contribution < 1.29 is 14.9 Å². The van der Waals surface area contributed by atoms with Crippen molar-refractivity contribution in [3.8, 4) is 0 Å². The maximum Gasteiger partial charge on any atom is 0.188 e. The third kappa shape index (κ3) is 2.20. The van der Waals surface area contributed by atoms with E-state index in [1.165, 1.54) is 11.8 Å². The fourth-order valence-electron chi connectivity index (χ4n) is 1.70. The molecule has 0 amide bonds. The molecule has 4 atom stereocenters. The number of likely N-dealkylation sites (N-methyl/N-ethyl adjacent to an activating group) is 1. The van der Waals surface area contributed by atoms with E-state index in [9.17, 15) is 5.11 Å². The van der Waals surface area contributed by atoms with Crippen LogP contribution in [0.25, 0.3) is 0 Å². The predicted molar refractivity (Wildman–Crippen MR) is 60.9 cm³/mol. The summed E-state index contributed by atoms with van der Waals surface area (Å²) in [6.07, 6.45) is 2.58. The Hall–Kier alpha value is -0.310. The summed E-state index contributed by atoms with van der Waals surface area (Å²) in [5.74, 6) is 0. The number of hydrogen-bond acceptors (Lipinski definition) is 7. The lowest BCUT2D eigenvalue weighted by atomic mass is 10.3. The second-order valence-electron chi connectivity index (χ2n) is 3.83. The minimum Gasteiger partial charge on any atom is -0.393 e. The molecule has 2 heterocycles. The quantitative estimate of drug-likeness (QED) is 0.560. The molecule has 92 valence electrons. The van der Waals surface area contributed by atoms with E-state index in [2.05, 4.69) is 0 Å². The molecule has 2 aliphatic rings. The van der Waals surface area contributed by atoms with Crippen LogP contribution >= 0.6 is 11.8 Å². The Morgan fingerprint density at radius 3 is 3.00 bits per heavy atom. The van der Waals surface area contributed by atoms with E-state index in [0.717, 1.165) is 0 Å². The number of aliphatic hydroxyl groups excluding tert-OH is 2. The van der Waals surface area contributed by atoms with Gasteiger partial charge in [-0.15, -0.1) is 11.8 Å². The van der Waals surface area contributed by atoms with Crippen LogP contribution in [-0.4, -0.2) is 63.6 Å². The van der Waals surface area contributed by atoms with Crippen LogP contribution in [-0.2, 0) is 4.74 Å². The minimum absolute atomic E-state index is 0.00975. The van der Waals surface area contributed by atoms with E-state index in [4.69, 9.17) is 15.6 Å². The van der Waals surface area contributed by atoms with Gasteiger partial charge in [0.15, 0.2) is 6.35 Å². The molecule has 0 bridgehead atoms. The van der Waals surface area contributed by atoms with E-state index in [0.29, 0.717) is 6.61 Å². The maximum absolute atomic E-state index is 10.0. The zero-order valence-electron chi connectivity index (χ0n) is 9.06. The molecule has 2 rings (SSSR count). The van der Waals surface area contributed by atoms with Crippen molar-refractivity contribution in [3.63, 3.8) is 0 Å². The summed E-state index contributed by atoms with van der Waals surface area (Å²) in [5.41, 5.74) is 5.56. The summed E-state index contributed by atoms with van der Waals surface area (Å²) in [6, 6.07) is 0. The molecule has 4 N–H and O–H groups in total. The minimum atomic E-state index is -0.751. The van der Waals surface area contributed by atoms with Crippen molar-refractivity contribution >= 4 is 11.8 Å². The number of ether oxygens (including phenoxy) is 1. The van der Waals surface area contributed by atoms with Gasteiger partial charge in [0.25, 0.3) is 0 Å². The average molecular weight is 247 g/mol. The van der Waals surface area contributed by atoms with Gasteiger partial charge in [-0.25, -0.2) is 4.90 Å². The highest BCUT2D eigenvalue weighted by Gasteiger charge is 2.35. The highest BCUT2D eigenvalue weighted by Crippen LogP contribution is 2.32. The van der Waals surface area contributed by atoms with Gasteiger partial charge in [0.1, 0.15) is 10.8 Å². The van der Waals surface area contributed by atoms with Crippen LogP contribution in [0, 0.1) is 0 Å². The number of aliphatic hydroxyl groups is 2. The van der Waals surface area contributed by atoms with Gasteiger partial charge in [-0.1, -0.05) is 0 Å². The van der Waals surface area contributed by atoms with Crippen molar-refractivity contribution in [2.45, 2.75) is 23.3 Å². The number of rotatable bonds is 2. The first-order valence-corrected chi connectivity index (χ1v) is 6.07. The van der Waals surface area contributed by atoms with E-state index in [1.54, 1.807) is 23.0 Å². The summed E-state index contributed by atoms with van der Waals surface area (Å²) in [4.78, 5) is 3.44. The second kappa shape index (κ2) is 4.91. The molecule has 0 spiro atoms. The molecular weight excluding hydrogens is 230 g/mol. The lowest BCUT2D eigenvalue weighted by molar-refractivity contribution is -0.107. The molecule has 0 aromatic rings. The zero-order chi connectivity index (χ0) is 11.7. The normalized spacial score (nSPS) is 40.6. The van der Waals surface area contributed by atoms with Crippen molar-refractivity contribution in [2.75, 3.05) is 20.3 Å². The zero-order valence-corrected chi connectivity index (χ0v) is 9.88. The number of nitrogens with zero attached hydrogens (tertiary/aromatic N) is 2. The fraction of sp³-hybridized carbons (Fsp3) is 0.778. The molecular formula is C9H17N3O3S. The molecule has 1 saturated heterocycles. The molecule has 2 aliphatic heterocycles. The van der Waals surface area contributed by atoms with Crippen LogP contribution in [0.4, 0.5) is 0 Å². The van der Waals surface area contributed by atoms with Gasteiger partial charge in [0, 0.05) is 6.20 Å². The summed E-state index contributed by atoms with van der Waals surface area (Å²) in [6.45, 7) is 0.477. The molecule has 7 heteroatoms. The maximum atomic E-state index is 10.0. The van der Waals surface area contributed by atoms with Gasteiger partial charge < -0.3 is 25.6 Å². The highest BCUT2D eigenvalue weighted by molar-refractivity contribution is 8.00. The Kier molecular flexibility index (Phi) is 3.73. The van der Waals surface area contributed by atoms with Crippen molar-refractivity contribution in [2.24, 2.45) is 5.73 Å². The second-order valence-corrected chi connectivity index (χ2v) is 5.17. The molecule has 0 aliphatic carbocycles. The Labute approximate surface area is 98.6 Å². The molecule has 0 radical (unpaired) electrons. The lowest BCUT2D eigenvalue weighted by Crippen LogP contribution is -2.56. The van der Waals surface area contributed by atoms with E-state index >= 15 is 0 Å². The van der Waals surface area contributed by atoms with Crippen LogP contribution in [0.2, 0.25) is 0 Å². The Morgan fingerprint density at radius 1 is 1.62 bits per heavy atom. The first-order chi connectivity index (χ1) is 7.63. The number of nitrogens with two attached hydrogens (primary N) is 1. The summed E-state index contributed by atoms with van der Waals surface area (Å²) >= 11 is 1.50. The van der Waals surface area contributed by atoms with Crippen molar-refractivity contribution in [1.29, 1.82) is 0 Å². The third-order valence-electron chi connectivity index (χ3n) is 2.77. The largest absolute Gasteiger partial charge is 0.393 e. The van der Waals surface area contributed by atoms with Crippen LogP contribution in [0.5, 0.6) is 0 Å². The number of thioether (sulfide) groups is 1. The highest BCUT2D eigenvalue weighted by atomic mass is 32.2. The fourth-order valence-corrected chi connectivity index (χ4v) is 2.78. The molecule has 6 nitrogen and oxygen atoms in total. The Bertz CT molecular complexity index is 279. The first-order valence-electron chi connectivity index (χ1n) is 5.12. The van der Waals surface area contributed by atoms with Crippen molar-refractivity contribution in [3.05, 3.63) is 12.3 Å². The predicted octanol–water partition coefficient (Wildman–Crippen LogP) is -1.28.